The summed E-state index contributed by atoms with van der Waals surface area (Å²) in [5, 5.41) is 0. The predicted molar refractivity (Wildman–Crippen MR) is 92.4 cm³/mol. The van der Waals surface area contributed by atoms with Crippen LogP contribution < -0.4 is 0 Å². The number of hydrogen-bond donors (Lipinski definition) is 0. The summed E-state index contributed by atoms with van der Waals surface area (Å²) in [7, 11) is 0. The molecule has 0 spiro atoms. The zero-order valence-electron chi connectivity index (χ0n) is 13.8. The molecule has 0 aliphatic carbocycles. The van der Waals surface area contributed by atoms with Crippen molar-refractivity contribution in [2.45, 2.75) is 71.1 Å². The van der Waals surface area contributed by atoms with Gasteiger partial charge in [0.05, 0.1) is 0 Å². The fourth-order valence-corrected chi connectivity index (χ4v) is 2.00. The first-order valence-corrected chi connectivity index (χ1v) is 8.37. The molecule has 0 aliphatic heterocycles. The van der Waals surface area contributed by atoms with Gasteiger partial charge >= 0.3 is 0 Å². The van der Waals surface area contributed by atoms with Crippen molar-refractivity contribution in [2.24, 2.45) is 4.99 Å². The normalized spacial score (nSPS) is 11.5. The van der Waals surface area contributed by atoms with E-state index in [4.69, 9.17) is 0 Å². The summed E-state index contributed by atoms with van der Waals surface area (Å²) in [6.45, 7) is 2.14. The van der Waals surface area contributed by atoms with E-state index in [-0.39, 0.29) is 5.91 Å². The summed E-state index contributed by atoms with van der Waals surface area (Å²) >= 11 is 0. The van der Waals surface area contributed by atoms with Gasteiger partial charge in [0.2, 0.25) is 6.08 Å². The Balaban J connectivity index is 3.32. The van der Waals surface area contributed by atoms with Crippen LogP contribution in [0.3, 0.4) is 0 Å². The second kappa shape index (κ2) is 17.3. The Morgan fingerprint density at radius 1 is 0.864 bits per heavy atom. The van der Waals surface area contributed by atoms with Gasteiger partial charge in [0.1, 0.15) is 0 Å². The van der Waals surface area contributed by atoms with E-state index in [2.05, 4.69) is 48.4 Å². The van der Waals surface area contributed by atoms with E-state index in [0.29, 0.717) is 6.42 Å². The van der Waals surface area contributed by atoms with Gasteiger partial charge in [-0.15, -0.1) is 4.99 Å². The molecule has 0 bridgehead atoms. The highest BCUT2D eigenvalue weighted by atomic mass is 16.2. The van der Waals surface area contributed by atoms with Gasteiger partial charge in [-0.1, -0.05) is 62.6 Å². The van der Waals surface area contributed by atoms with Crippen LogP contribution in [-0.2, 0) is 9.59 Å². The van der Waals surface area contributed by atoms with Gasteiger partial charge in [-0.3, -0.25) is 4.79 Å². The number of carbonyl (C=O) groups is 1. The molecule has 0 unspecified atom stereocenters. The highest BCUT2D eigenvalue weighted by Gasteiger charge is 1.97. The fourth-order valence-electron chi connectivity index (χ4n) is 2.00. The predicted octanol–water partition coefficient (Wildman–Crippen LogP) is 5.44. The van der Waals surface area contributed by atoms with Crippen LogP contribution in [0.5, 0.6) is 0 Å². The van der Waals surface area contributed by atoms with E-state index in [0.717, 1.165) is 44.9 Å². The molecule has 0 saturated heterocycles. The highest BCUT2D eigenvalue weighted by Crippen LogP contribution is 2.08. The first-order valence-electron chi connectivity index (χ1n) is 8.37. The van der Waals surface area contributed by atoms with Gasteiger partial charge in [-0.2, -0.15) is 0 Å². The maximum Gasteiger partial charge on any atom is 0.256 e. The van der Waals surface area contributed by atoms with Crippen molar-refractivity contribution in [1.29, 1.82) is 0 Å². The molecule has 0 aromatic heterocycles. The molecule has 1 amide bonds. The second-order valence-electron chi connectivity index (χ2n) is 5.20. The summed E-state index contributed by atoms with van der Waals surface area (Å²) in [6, 6.07) is 0. The fraction of sp³-hybridized carbons (Fsp3) is 0.579. The first kappa shape index (κ1) is 20.3. The maximum absolute atomic E-state index is 10.9. The minimum Gasteiger partial charge on any atom is -0.272 e. The molecule has 22 heavy (non-hydrogen) atoms. The standard InChI is InChI=1S/C19H29NO2/c1-2-3-4-5-6-7-8-9-10-11-12-13-14-15-16-17-19(22)20-18-21/h3-4,6-7,9-10H,2,5,8,11-17H2,1H3/b4-3-,7-6-,10-9-. The van der Waals surface area contributed by atoms with Crippen LogP contribution in [0, 0.1) is 0 Å². The quantitative estimate of drug-likeness (QED) is 0.197. The Labute approximate surface area is 134 Å². The SMILES string of the molecule is CC/C=C\C/C=C\C/C=C\CCCCCCCC(=O)N=C=O. The van der Waals surface area contributed by atoms with Crippen LogP contribution in [0.2, 0.25) is 0 Å². The molecule has 0 aromatic rings. The van der Waals surface area contributed by atoms with Crippen LogP contribution in [0.1, 0.15) is 71.1 Å². The number of allylic oxidation sites excluding steroid dienone is 6. The van der Waals surface area contributed by atoms with Crippen molar-refractivity contribution in [3.8, 4) is 0 Å². The summed E-state index contributed by atoms with van der Waals surface area (Å²) < 4.78 is 0. The third-order valence-corrected chi connectivity index (χ3v) is 3.21. The number of amides is 1. The smallest absolute Gasteiger partial charge is 0.256 e. The number of carbonyl (C=O) groups excluding carboxylic acids is 2. The first-order chi connectivity index (χ1) is 10.8. The third kappa shape index (κ3) is 16.3. The molecule has 0 rings (SSSR count). The van der Waals surface area contributed by atoms with Gasteiger partial charge < -0.3 is 0 Å². The van der Waals surface area contributed by atoms with Crippen molar-refractivity contribution >= 4 is 12.0 Å². The summed E-state index contributed by atoms with van der Waals surface area (Å²) in [5.41, 5.74) is 0. The number of isocyanates is 1. The van der Waals surface area contributed by atoms with Gasteiger partial charge in [-0.05, 0) is 38.5 Å². The van der Waals surface area contributed by atoms with E-state index in [1.54, 1.807) is 0 Å². The Hall–Kier alpha value is -1.73. The van der Waals surface area contributed by atoms with Crippen molar-refractivity contribution in [1.82, 2.24) is 0 Å². The van der Waals surface area contributed by atoms with Gasteiger partial charge in [0.15, 0.2) is 0 Å². The van der Waals surface area contributed by atoms with Crippen LogP contribution in [-0.4, -0.2) is 12.0 Å². The molecule has 0 radical (unpaired) electrons. The summed E-state index contributed by atoms with van der Waals surface area (Å²) in [4.78, 5) is 23.8. The summed E-state index contributed by atoms with van der Waals surface area (Å²) in [5.74, 6) is -0.351. The number of hydrogen-bond acceptors (Lipinski definition) is 2. The monoisotopic (exact) mass is 303 g/mol. The molecular formula is C19H29NO2. The zero-order valence-corrected chi connectivity index (χ0v) is 13.8. The summed E-state index contributed by atoms with van der Waals surface area (Å²) in [6.07, 6.45) is 24.5. The molecule has 0 fully saturated rings. The minimum atomic E-state index is -0.351. The Bertz CT molecular complexity index is 402. The van der Waals surface area contributed by atoms with E-state index in [1.165, 1.54) is 18.9 Å². The molecule has 0 heterocycles. The Kier molecular flexibility index (Phi) is 16.0. The molecule has 0 atom stereocenters. The van der Waals surface area contributed by atoms with Crippen LogP contribution >= 0.6 is 0 Å². The molecular weight excluding hydrogens is 274 g/mol. The highest BCUT2D eigenvalue weighted by molar-refractivity contribution is 5.81. The lowest BCUT2D eigenvalue weighted by Crippen LogP contribution is -1.92. The molecule has 0 aromatic carbocycles. The van der Waals surface area contributed by atoms with E-state index >= 15 is 0 Å². The number of nitrogens with zero attached hydrogens (tertiary/aromatic N) is 1. The van der Waals surface area contributed by atoms with Crippen molar-refractivity contribution in [2.75, 3.05) is 0 Å². The average molecular weight is 303 g/mol. The third-order valence-electron chi connectivity index (χ3n) is 3.21. The van der Waals surface area contributed by atoms with E-state index < -0.39 is 0 Å². The van der Waals surface area contributed by atoms with Gasteiger partial charge in [0, 0.05) is 6.42 Å². The van der Waals surface area contributed by atoms with E-state index in [9.17, 15) is 9.59 Å². The van der Waals surface area contributed by atoms with Crippen LogP contribution in [0.15, 0.2) is 41.4 Å². The molecule has 122 valence electrons. The molecule has 0 saturated carbocycles. The van der Waals surface area contributed by atoms with Crippen molar-refractivity contribution < 1.29 is 9.59 Å². The van der Waals surface area contributed by atoms with Crippen molar-refractivity contribution in [3.63, 3.8) is 0 Å². The maximum atomic E-state index is 10.9. The second-order valence-corrected chi connectivity index (χ2v) is 5.20. The number of rotatable bonds is 13. The molecule has 0 aliphatic rings. The van der Waals surface area contributed by atoms with Gasteiger partial charge in [-0.25, -0.2) is 4.79 Å². The lowest BCUT2D eigenvalue weighted by atomic mass is 10.1. The Morgan fingerprint density at radius 2 is 1.45 bits per heavy atom. The van der Waals surface area contributed by atoms with E-state index in [1.807, 2.05) is 0 Å². The molecule has 3 nitrogen and oxygen atoms in total. The number of unbranched alkanes of at least 4 members (excludes halogenated alkanes) is 5. The lowest BCUT2D eigenvalue weighted by Gasteiger charge is -1.98. The minimum absolute atomic E-state index is 0.351. The lowest BCUT2D eigenvalue weighted by molar-refractivity contribution is -0.117. The van der Waals surface area contributed by atoms with Crippen molar-refractivity contribution in [3.05, 3.63) is 36.5 Å². The molecule has 0 N–H and O–H groups in total. The largest absolute Gasteiger partial charge is 0.272 e. The average Bonchev–Trinajstić information content (AvgIpc) is 2.51. The Morgan fingerprint density at radius 3 is 2.14 bits per heavy atom. The van der Waals surface area contributed by atoms with Crippen LogP contribution in [0.25, 0.3) is 0 Å². The topological polar surface area (TPSA) is 46.5 Å². The molecule has 3 heteroatoms. The number of aliphatic imine (C=N–C) groups is 1. The van der Waals surface area contributed by atoms with Gasteiger partial charge in [0.25, 0.3) is 5.91 Å². The van der Waals surface area contributed by atoms with Crippen LogP contribution in [0.4, 0.5) is 0 Å². The zero-order chi connectivity index (χ0) is 16.3.